The molecule has 1 radical (unpaired) electrons. The zero-order valence-corrected chi connectivity index (χ0v) is 8.48. The first kappa shape index (κ1) is 22.4. The molecule has 1 nitrogen and oxygen atoms in total. The van der Waals surface area contributed by atoms with Crippen molar-refractivity contribution in [2.45, 2.75) is 12.8 Å². The second-order valence-corrected chi connectivity index (χ2v) is 1.32. The number of ether oxygens (including phenoxy) is 1. The van der Waals surface area contributed by atoms with Crippen LogP contribution in [0.4, 0.5) is 0 Å². The smallest absolute Gasteiger partial charge is 0.0466 e. The molecule has 1 fully saturated rings. The Morgan fingerprint density at radius 1 is 0.778 bits per heavy atom. The van der Waals surface area contributed by atoms with E-state index in [9.17, 15) is 0 Å². The summed E-state index contributed by atoms with van der Waals surface area (Å²) in [5, 5.41) is 0. The fraction of sp³-hybridized carbons (Fsp3) is 1.00. The van der Waals surface area contributed by atoms with Gasteiger partial charge in [0.25, 0.3) is 0 Å². The monoisotopic (exact) mass is 228 g/mol. The Balaban J connectivity index is -0.0000000312. The van der Waals surface area contributed by atoms with Crippen LogP contribution in [0.3, 0.4) is 0 Å². The molecule has 0 amide bonds. The van der Waals surface area contributed by atoms with Crippen LogP contribution in [0.25, 0.3) is 0 Å². The van der Waals surface area contributed by atoms with Gasteiger partial charge in [0.2, 0.25) is 0 Å². The third-order valence-electron chi connectivity index (χ3n) is 0.827. The third kappa shape index (κ3) is 12.6. The zero-order valence-electron chi connectivity index (χ0n) is 4.82. The van der Waals surface area contributed by atoms with Crippen molar-refractivity contribution >= 4 is 0 Å². The minimum atomic E-state index is 0. The molecule has 1 heterocycles. The summed E-state index contributed by atoms with van der Waals surface area (Å²) in [7, 11) is 0. The molecule has 1 aliphatic rings. The van der Waals surface area contributed by atoms with Crippen LogP contribution in [0.15, 0.2) is 0 Å². The molecule has 0 aromatic heterocycles. The quantitative estimate of drug-likeness (QED) is 0.401. The van der Waals surface area contributed by atoms with E-state index in [1.807, 2.05) is 0 Å². The number of hydrogen-bond donors (Lipinski definition) is 0. The molecule has 1 saturated heterocycles. The Kier molecular flexibility index (Phi) is 40.4. The normalized spacial score (nSPS) is 13.3. The number of rotatable bonds is 0. The Morgan fingerprint density at radius 3 is 1.22 bits per heavy atom. The van der Waals surface area contributed by atoms with E-state index in [0.717, 1.165) is 13.2 Å². The van der Waals surface area contributed by atoms with E-state index in [4.69, 9.17) is 4.74 Å². The molecule has 0 N–H and O–H groups in total. The molecule has 1 aliphatic heterocycles. The van der Waals surface area contributed by atoms with Crippen LogP contribution in [0.5, 0.6) is 0 Å². The van der Waals surface area contributed by atoms with Gasteiger partial charge in [0.15, 0.2) is 0 Å². The van der Waals surface area contributed by atoms with Crippen molar-refractivity contribution < 1.29 is 60.5 Å². The molecular formula is C4H8Cl3OV-3. The number of hydrogen-bond acceptors (Lipinski definition) is 1. The largest absolute Gasteiger partial charge is 1.00 e. The van der Waals surface area contributed by atoms with Crippen molar-refractivity contribution in [3.8, 4) is 0 Å². The van der Waals surface area contributed by atoms with Gasteiger partial charge < -0.3 is 42.0 Å². The number of halogens is 3. The Hall–Kier alpha value is 1.41. The van der Waals surface area contributed by atoms with Gasteiger partial charge in [0.1, 0.15) is 0 Å². The van der Waals surface area contributed by atoms with E-state index < -0.39 is 0 Å². The van der Waals surface area contributed by atoms with Gasteiger partial charge in [-0.15, -0.1) is 0 Å². The summed E-state index contributed by atoms with van der Waals surface area (Å²) in [6, 6.07) is 0. The molecule has 0 aromatic carbocycles. The third-order valence-corrected chi connectivity index (χ3v) is 0.827. The summed E-state index contributed by atoms with van der Waals surface area (Å²) in [5.74, 6) is 0. The van der Waals surface area contributed by atoms with E-state index in [2.05, 4.69) is 0 Å². The van der Waals surface area contributed by atoms with Gasteiger partial charge in [-0.05, 0) is 12.8 Å². The van der Waals surface area contributed by atoms with Crippen LogP contribution in [0, 0.1) is 0 Å². The minimum absolute atomic E-state index is 0. The van der Waals surface area contributed by atoms with Gasteiger partial charge in [-0.25, -0.2) is 0 Å². The van der Waals surface area contributed by atoms with Crippen LogP contribution < -0.4 is 37.2 Å². The predicted molar refractivity (Wildman–Crippen MR) is 20.1 cm³/mol. The summed E-state index contributed by atoms with van der Waals surface area (Å²) in [4.78, 5) is 0. The van der Waals surface area contributed by atoms with Crippen molar-refractivity contribution in [2.75, 3.05) is 13.2 Å². The average molecular weight is 229 g/mol. The maximum atomic E-state index is 4.94. The SMILES string of the molecule is C1CCOC1.[Cl-].[Cl-].[Cl-].[V]. The molecule has 0 aliphatic carbocycles. The van der Waals surface area contributed by atoms with Crippen LogP contribution in [0.2, 0.25) is 0 Å². The fourth-order valence-corrected chi connectivity index (χ4v) is 0.510. The molecule has 0 aromatic rings. The van der Waals surface area contributed by atoms with Gasteiger partial charge in [0, 0.05) is 31.8 Å². The molecule has 1 rings (SSSR count). The van der Waals surface area contributed by atoms with Crippen molar-refractivity contribution in [3.05, 3.63) is 0 Å². The summed E-state index contributed by atoms with van der Waals surface area (Å²) >= 11 is 0. The molecule has 0 unspecified atom stereocenters. The molecule has 9 heavy (non-hydrogen) atoms. The van der Waals surface area contributed by atoms with Gasteiger partial charge in [-0.1, -0.05) is 0 Å². The second-order valence-electron chi connectivity index (χ2n) is 1.32. The topological polar surface area (TPSA) is 9.23 Å². The first-order valence-corrected chi connectivity index (χ1v) is 2.08. The van der Waals surface area contributed by atoms with Crippen molar-refractivity contribution in [1.82, 2.24) is 0 Å². The van der Waals surface area contributed by atoms with Crippen molar-refractivity contribution in [2.24, 2.45) is 0 Å². The van der Waals surface area contributed by atoms with Crippen molar-refractivity contribution in [1.29, 1.82) is 0 Å². The predicted octanol–water partition coefficient (Wildman–Crippen LogP) is -8.19. The van der Waals surface area contributed by atoms with Gasteiger partial charge in [-0.3, -0.25) is 0 Å². The van der Waals surface area contributed by atoms with E-state index in [0.29, 0.717) is 0 Å². The zero-order chi connectivity index (χ0) is 3.54. The molecule has 0 saturated carbocycles. The van der Waals surface area contributed by atoms with Gasteiger partial charge in [-0.2, -0.15) is 0 Å². The van der Waals surface area contributed by atoms with Gasteiger partial charge >= 0.3 is 0 Å². The van der Waals surface area contributed by atoms with Crippen LogP contribution >= 0.6 is 0 Å². The molecule has 0 bridgehead atoms. The summed E-state index contributed by atoms with van der Waals surface area (Å²) < 4.78 is 4.94. The Labute approximate surface area is 86.4 Å². The van der Waals surface area contributed by atoms with E-state index in [1.165, 1.54) is 12.8 Å². The van der Waals surface area contributed by atoms with Crippen molar-refractivity contribution in [3.63, 3.8) is 0 Å². The summed E-state index contributed by atoms with van der Waals surface area (Å²) in [6.45, 7) is 2.00. The maximum Gasteiger partial charge on any atom is 0.0466 e. The van der Waals surface area contributed by atoms with Crippen LogP contribution in [-0.4, -0.2) is 13.2 Å². The minimum Gasteiger partial charge on any atom is -1.00 e. The first-order chi connectivity index (χ1) is 2.50. The molecule has 59 valence electrons. The van der Waals surface area contributed by atoms with E-state index >= 15 is 0 Å². The van der Waals surface area contributed by atoms with E-state index in [-0.39, 0.29) is 55.8 Å². The fourth-order valence-electron chi connectivity index (χ4n) is 0.510. The van der Waals surface area contributed by atoms with Gasteiger partial charge in [0.05, 0.1) is 0 Å². The molecule has 5 heteroatoms. The van der Waals surface area contributed by atoms with Crippen LogP contribution in [-0.2, 0) is 23.3 Å². The molecule has 0 spiro atoms. The molecular weight excluding hydrogens is 221 g/mol. The second kappa shape index (κ2) is 16.2. The molecule has 0 atom stereocenters. The Bertz CT molecular complexity index is 27.4. The maximum absolute atomic E-state index is 4.94. The summed E-state index contributed by atoms with van der Waals surface area (Å²) in [5.41, 5.74) is 0. The average Bonchev–Trinajstić information content (AvgIpc) is 1.76. The standard InChI is InChI=1S/C4H8O.3ClH.V/c1-2-4-5-3-1;;;;/h1-4H2;3*1H;/p-3. The van der Waals surface area contributed by atoms with E-state index in [1.54, 1.807) is 0 Å². The Morgan fingerprint density at radius 2 is 1.11 bits per heavy atom. The summed E-state index contributed by atoms with van der Waals surface area (Å²) in [6.07, 6.45) is 2.56. The first-order valence-electron chi connectivity index (χ1n) is 2.08. The van der Waals surface area contributed by atoms with Crippen LogP contribution in [0.1, 0.15) is 12.8 Å².